The first-order chi connectivity index (χ1) is 10.8. The van der Waals surface area contributed by atoms with E-state index in [4.69, 9.17) is 4.74 Å². The Morgan fingerprint density at radius 3 is 2.61 bits per heavy atom. The maximum atomic E-state index is 12.1. The Balaban J connectivity index is 1.91. The maximum Gasteiger partial charge on any atom is 0.407 e. The van der Waals surface area contributed by atoms with Gasteiger partial charge in [-0.25, -0.2) is 4.79 Å². The Bertz CT molecular complexity index is 513. The van der Waals surface area contributed by atoms with Gasteiger partial charge in [0.05, 0.1) is 0 Å². The van der Waals surface area contributed by atoms with E-state index in [1.54, 1.807) is 11.3 Å². The van der Waals surface area contributed by atoms with Crippen molar-refractivity contribution >= 4 is 33.4 Å². The van der Waals surface area contributed by atoms with Gasteiger partial charge in [0.2, 0.25) is 0 Å². The molecular formula is C17H27BrN2O2S. The second-order valence-corrected chi connectivity index (χ2v) is 9.02. The van der Waals surface area contributed by atoms with Crippen LogP contribution in [-0.4, -0.2) is 23.8 Å². The maximum absolute atomic E-state index is 12.1. The lowest BCUT2D eigenvalue weighted by Crippen LogP contribution is -2.50. The summed E-state index contributed by atoms with van der Waals surface area (Å²) in [4.78, 5) is 13.4. The van der Waals surface area contributed by atoms with Gasteiger partial charge in [-0.1, -0.05) is 19.3 Å². The quantitative estimate of drug-likeness (QED) is 0.709. The fourth-order valence-electron chi connectivity index (χ4n) is 2.86. The molecule has 130 valence electrons. The summed E-state index contributed by atoms with van der Waals surface area (Å²) >= 11 is 5.24. The first-order valence-electron chi connectivity index (χ1n) is 8.29. The summed E-state index contributed by atoms with van der Waals surface area (Å²) in [6.07, 6.45) is 5.38. The molecule has 1 saturated carbocycles. The normalized spacial score (nSPS) is 22.4. The molecule has 2 N–H and O–H groups in total. The largest absolute Gasteiger partial charge is 0.444 e. The fourth-order valence-corrected chi connectivity index (χ4v) is 4.26. The van der Waals surface area contributed by atoms with Gasteiger partial charge in [0.15, 0.2) is 0 Å². The standard InChI is InChI=1S/C17H27BrN2O2S/c1-17(2,3)22-16(21)20-15-8-6-4-5-7-14(15)19-10-13-9-12(18)11-23-13/h9,11,14-15,19H,4-8,10H2,1-3H3,(H,20,21). The Hall–Kier alpha value is -0.590. The van der Waals surface area contributed by atoms with Crippen LogP contribution in [0.1, 0.15) is 57.8 Å². The minimum Gasteiger partial charge on any atom is -0.444 e. The molecule has 1 heterocycles. The minimum absolute atomic E-state index is 0.135. The number of rotatable bonds is 4. The van der Waals surface area contributed by atoms with Crippen LogP contribution in [-0.2, 0) is 11.3 Å². The smallest absolute Gasteiger partial charge is 0.407 e. The summed E-state index contributed by atoms with van der Waals surface area (Å²) in [5.41, 5.74) is -0.457. The molecule has 1 amide bonds. The number of amides is 1. The number of carbonyl (C=O) groups excluding carboxylic acids is 1. The molecule has 1 aromatic heterocycles. The van der Waals surface area contributed by atoms with Crippen molar-refractivity contribution < 1.29 is 9.53 Å². The molecule has 0 radical (unpaired) electrons. The molecule has 1 aliphatic carbocycles. The van der Waals surface area contributed by atoms with Crippen molar-refractivity contribution in [3.8, 4) is 0 Å². The molecule has 23 heavy (non-hydrogen) atoms. The monoisotopic (exact) mass is 402 g/mol. The van der Waals surface area contributed by atoms with Crippen LogP contribution in [0.15, 0.2) is 15.9 Å². The molecule has 1 aromatic rings. The topological polar surface area (TPSA) is 50.4 Å². The highest BCUT2D eigenvalue weighted by Gasteiger charge is 2.27. The Kier molecular flexibility index (Phi) is 6.92. The number of hydrogen-bond donors (Lipinski definition) is 2. The summed E-state index contributed by atoms with van der Waals surface area (Å²) < 4.78 is 6.54. The van der Waals surface area contributed by atoms with Crippen molar-refractivity contribution in [1.82, 2.24) is 10.6 Å². The third kappa shape index (κ3) is 6.81. The predicted octanol–water partition coefficient (Wildman–Crippen LogP) is 4.83. The van der Waals surface area contributed by atoms with E-state index in [-0.39, 0.29) is 12.1 Å². The van der Waals surface area contributed by atoms with Gasteiger partial charge in [0.1, 0.15) is 5.60 Å². The summed E-state index contributed by atoms with van der Waals surface area (Å²) in [5, 5.41) is 8.80. The summed E-state index contributed by atoms with van der Waals surface area (Å²) in [6.45, 7) is 6.52. The van der Waals surface area contributed by atoms with Gasteiger partial charge in [0, 0.05) is 33.4 Å². The van der Waals surface area contributed by atoms with E-state index in [0.29, 0.717) is 6.04 Å². The number of halogens is 1. The van der Waals surface area contributed by atoms with Crippen LogP contribution in [0.4, 0.5) is 4.79 Å². The summed E-state index contributed by atoms with van der Waals surface area (Å²) in [5.74, 6) is 0. The number of hydrogen-bond acceptors (Lipinski definition) is 4. The third-order valence-corrected chi connectivity index (χ3v) is 5.58. The zero-order valence-corrected chi connectivity index (χ0v) is 16.6. The highest BCUT2D eigenvalue weighted by Crippen LogP contribution is 2.22. The molecule has 0 bridgehead atoms. The van der Waals surface area contributed by atoms with Gasteiger partial charge in [-0.2, -0.15) is 0 Å². The average Bonchev–Trinajstić information content (AvgIpc) is 2.72. The van der Waals surface area contributed by atoms with Gasteiger partial charge in [-0.15, -0.1) is 11.3 Å². The molecule has 0 aliphatic heterocycles. The molecule has 1 fully saturated rings. The average molecular weight is 403 g/mol. The summed E-state index contributed by atoms with van der Waals surface area (Å²) in [7, 11) is 0. The number of carbonyl (C=O) groups is 1. The van der Waals surface area contributed by atoms with Crippen molar-refractivity contribution in [2.75, 3.05) is 0 Å². The van der Waals surface area contributed by atoms with E-state index < -0.39 is 5.60 Å². The van der Waals surface area contributed by atoms with E-state index >= 15 is 0 Å². The van der Waals surface area contributed by atoms with Gasteiger partial charge >= 0.3 is 6.09 Å². The molecular weight excluding hydrogens is 376 g/mol. The van der Waals surface area contributed by atoms with Crippen LogP contribution in [0.3, 0.4) is 0 Å². The van der Waals surface area contributed by atoms with Crippen molar-refractivity contribution in [3.63, 3.8) is 0 Å². The lowest BCUT2D eigenvalue weighted by Gasteiger charge is -2.28. The Morgan fingerprint density at radius 1 is 1.30 bits per heavy atom. The van der Waals surface area contributed by atoms with Crippen molar-refractivity contribution in [2.24, 2.45) is 0 Å². The van der Waals surface area contributed by atoms with Crippen LogP contribution >= 0.6 is 27.3 Å². The highest BCUT2D eigenvalue weighted by molar-refractivity contribution is 9.10. The lowest BCUT2D eigenvalue weighted by atomic mass is 10.0. The molecule has 0 spiro atoms. The Morgan fingerprint density at radius 2 is 2.00 bits per heavy atom. The van der Waals surface area contributed by atoms with Gasteiger partial charge < -0.3 is 15.4 Å². The third-order valence-electron chi connectivity index (χ3n) is 3.88. The minimum atomic E-state index is -0.457. The van der Waals surface area contributed by atoms with E-state index in [2.05, 4.69) is 38.0 Å². The first-order valence-corrected chi connectivity index (χ1v) is 9.96. The number of ether oxygens (including phenoxy) is 1. The Labute approximate surface area is 151 Å². The lowest BCUT2D eigenvalue weighted by molar-refractivity contribution is 0.0489. The van der Waals surface area contributed by atoms with E-state index in [9.17, 15) is 4.79 Å². The molecule has 2 atom stereocenters. The van der Waals surface area contributed by atoms with Crippen LogP contribution in [0.25, 0.3) is 0 Å². The second-order valence-electron chi connectivity index (χ2n) is 7.11. The van der Waals surface area contributed by atoms with Gasteiger partial charge in [0.25, 0.3) is 0 Å². The zero-order valence-electron chi connectivity index (χ0n) is 14.2. The molecule has 0 aromatic carbocycles. The van der Waals surface area contributed by atoms with Crippen LogP contribution < -0.4 is 10.6 Å². The van der Waals surface area contributed by atoms with Crippen LogP contribution in [0, 0.1) is 0 Å². The molecule has 0 saturated heterocycles. The van der Waals surface area contributed by atoms with Gasteiger partial charge in [-0.05, 0) is 55.6 Å². The highest BCUT2D eigenvalue weighted by atomic mass is 79.9. The number of nitrogens with one attached hydrogen (secondary N) is 2. The zero-order chi connectivity index (χ0) is 16.9. The molecule has 4 nitrogen and oxygen atoms in total. The van der Waals surface area contributed by atoms with Crippen LogP contribution in [0.2, 0.25) is 0 Å². The first kappa shape index (κ1) is 18.7. The van der Waals surface area contributed by atoms with Crippen molar-refractivity contribution in [2.45, 2.75) is 77.1 Å². The molecule has 6 heteroatoms. The van der Waals surface area contributed by atoms with E-state index in [0.717, 1.165) is 30.3 Å². The number of thiophene rings is 1. The van der Waals surface area contributed by atoms with Crippen molar-refractivity contribution in [1.29, 1.82) is 0 Å². The fraction of sp³-hybridized carbons (Fsp3) is 0.706. The van der Waals surface area contributed by atoms with E-state index in [1.807, 2.05) is 20.8 Å². The molecule has 2 unspecified atom stereocenters. The predicted molar refractivity (Wildman–Crippen MR) is 98.9 cm³/mol. The van der Waals surface area contributed by atoms with Crippen LogP contribution in [0.5, 0.6) is 0 Å². The molecule has 2 rings (SSSR count). The van der Waals surface area contributed by atoms with Gasteiger partial charge in [-0.3, -0.25) is 0 Å². The van der Waals surface area contributed by atoms with Crippen molar-refractivity contribution in [3.05, 3.63) is 20.8 Å². The second kappa shape index (κ2) is 8.49. The SMILES string of the molecule is CC(C)(C)OC(=O)NC1CCCCCC1NCc1cc(Br)cs1. The van der Waals surface area contributed by atoms with E-state index in [1.165, 1.54) is 17.7 Å². The summed E-state index contributed by atoms with van der Waals surface area (Å²) in [6, 6.07) is 2.58. The number of alkyl carbamates (subject to hydrolysis) is 1. The molecule has 1 aliphatic rings.